The molecule has 0 unspecified atom stereocenters. The quantitative estimate of drug-likeness (QED) is 0.658. The fourth-order valence-corrected chi connectivity index (χ4v) is 2.22. The number of carbonyl (C=O) groups is 1. The summed E-state index contributed by atoms with van der Waals surface area (Å²) in [5.74, 6) is 0. The number of imidazole rings is 1. The second-order valence-electron chi connectivity index (χ2n) is 3.93. The van der Waals surface area contributed by atoms with Crippen LogP contribution in [-0.2, 0) is 0 Å². The highest BCUT2D eigenvalue weighted by Crippen LogP contribution is 2.25. The van der Waals surface area contributed by atoms with E-state index in [-0.39, 0.29) is 0 Å². The van der Waals surface area contributed by atoms with Gasteiger partial charge in [-0.3, -0.25) is 9.36 Å². The Morgan fingerprint density at radius 2 is 2.00 bits per heavy atom. The van der Waals surface area contributed by atoms with E-state index in [0.717, 1.165) is 23.0 Å². The molecule has 0 spiro atoms. The van der Waals surface area contributed by atoms with Crippen LogP contribution in [-0.4, -0.2) is 15.8 Å². The smallest absolute Gasteiger partial charge is 0.150 e. The van der Waals surface area contributed by atoms with Crippen molar-refractivity contribution in [2.45, 2.75) is 0 Å². The van der Waals surface area contributed by atoms with Crippen LogP contribution in [0, 0.1) is 0 Å². The number of halogens is 1. The zero-order valence-corrected chi connectivity index (χ0v) is 10.1. The molecule has 0 saturated carbocycles. The maximum absolute atomic E-state index is 10.7. The monoisotopic (exact) mass is 256 g/mol. The second-order valence-corrected chi connectivity index (χ2v) is 4.34. The van der Waals surface area contributed by atoms with Gasteiger partial charge in [-0.15, -0.1) is 0 Å². The molecule has 3 nitrogen and oxygen atoms in total. The average molecular weight is 257 g/mol. The van der Waals surface area contributed by atoms with Gasteiger partial charge in [-0.2, -0.15) is 0 Å². The Kier molecular flexibility index (Phi) is 2.61. The highest BCUT2D eigenvalue weighted by atomic mass is 35.5. The molecule has 3 aromatic rings. The molecule has 0 N–H and O–H groups in total. The minimum absolute atomic E-state index is 0.530. The largest absolute Gasteiger partial charge is 0.298 e. The number of hydrogen-bond donors (Lipinski definition) is 0. The molecule has 0 aliphatic rings. The van der Waals surface area contributed by atoms with Gasteiger partial charge < -0.3 is 0 Å². The normalized spacial score (nSPS) is 10.7. The molecule has 4 heteroatoms. The van der Waals surface area contributed by atoms with E-state index < -0.39 is 0 Å². The summed E-state index contributed by atoms with van der Waals surface area (Å²) in [5.41, 5.74) is 3.27. The van der Waals surface area contributed by atoms with Crippen LogP contribution in [0.3, 0.4) is 0 Å². The first-order chi connectivity index (χ1) is 8.79. The minimum Gasteiger partial charge on any atom is -0.298 e. The summed E-state index contributed by atoms with van der Waals surface area (Å²) < 4.78 is 1.91. The molecule has 1 heterocycles. The van der Waals surface area contributed by atoms with Gasteiger partial charge >= 0.3 is 0 Å². The molecular weight excluding hydrogens is 248 g/mol. The number of aldehydes is 1. The zero-order chi connectivity index (χ0) is 12.5. The number of benzene rings is 2. The van der Waals surface area contributed by atoms with Crippen LogP contribution in [0.25, 0.3) is 16.7 Å². The van der Waals surface area contributed by atoms with Crippen LogP contribution in [0.1, 0.15) is 10.4 Å². The number of para-hydroxylation sites is 2. The number of hydrogen-bond acceptors (Lipinski definition) is 2. The van der Waals surface area contributed by atoms with Crippen LogP contribution < -0.4 is 0 Å². The molecule has 0 radical (unpaired) electrons. The van der Waals surface area contributed by atoms with Crippen molar-refractivity contribution in [2.75, 3.05) is 0 Å². The maximum Gasteiger partial charge on any atom is 0.150 e. The summed E-state index contributed by atoms with van der Waals surface area (Å²) in [4.78, 5) is 15.0. The summed E-state index contributed by atoms with van der Waals surface area (Å²) in [6.07, 6.45) is 2.51. The summed E-state index contributed by atoms with van der Waals surface area (Å²) in [5, 5.41) is 0.530. The van der Waals surface area contributed by atoms with E-state index in [9.17, 15) is 4.79 Å². The Morgan fingerprint density at radius 3 is 2.78 bits per heavy atom. The maximum atomic E-state index is 10.7. The van der Waals surface area contributed by atoms with Gasteiger partial charge in [0.05, 0.1) is 21.7 Å². The van der Waals surface area contributed by atoms with Gasteiger partial charge in [0, 0.05) is 5.56 Å². The molecule has 0 atom stereocenters. The van der Waals surface area contributed by atoms with Crippen molar-refractivity contribution < 1.29 is 4.79 Å². The van der Waals surface area contributed by atoms with Crippen molar-refractivity contribution in [2.24, 2.45) is 0 Å². The van der Waals surface area contributed by atoms with Gasteiger partial charge in [0.2, 0.25) is 0 Å². The Hall–Kier alpha value is -2.13. The minimum atomic E-state index is 0.530. The highest BCUT2D eigenvalue weighted by molar-refractivity contribution is 6.32. The van der Waals surface area contributed by atoms with Crippen molar-refractivity contribution in [3.8, 4) is 5.69 Å². The van der Waals surface area contributed by atoms with Crippen molar-refractivity contribution in [1.82, 2.24) is 9.55 Å². The molecule has 2 aromatic carbocycles. The summed E-state index contributed by atoms with van der Waals surface area (Å²) in [6.45, 7) is 0. The molecule has 18 heavy (non-hydrogen) atoms. The highest BCUT2D eigenvalue weighted by Gasteiger charge is 2.07. The first kappa shape index (κ1) is 11.0. The molecule has 0 amide bonds. The van der Waals surface area contributed by atoms with E-state index in [0.29, 0.717) is 10.6 Å². The first-order valence-corrected chi connectivity index (χ1v) is 5.84. The molecule has 0 bridgehead atoms. The third-order valence-corrected chi connectivity index (χ3v) is 3.12. The SMILES string of the molecule is O=Cc1ccc(-n2cnc3ccccc32)c(Cl)c1. The van der Waals surface area contributed by atoms with E-state index in [1.165, 1.54) is 0 Å². The molecule has 3 rings (SSSR count). The van der Waals surface area contributed by atoms with Crippen LogP contribution in [0.5, 0.6) is 0 Å². The summed E-state index contributed by atoms with van der Waals surface area (Å²) in [6, 6.07) is 13.0. The fraction of sp³-hybridized carbons (Fsp3) is 0. The number of rotatable bonds is 2. The molecule has 0 saturated heterocycles. The van der Waals surface area contributed by atoms with E-state index in [4.69, 9.17) is 11.6 Å². The van der Waals surface area contributed by atoms with E-state index in [1.807, 2.05) is 34.9 Å². The average Bonchev–Trinajstić information content (AvgIpc) is 2.82. The summed E-state index contributed by atoms with van der Waals surface area (Å²) >= 11 is 6.19. The summed E-state index contributed by atoms with van der Waals surface area (Å²) in [7, 11) is 0. The van der Waals surface area contributed by atoms with Crippen molar-refractivity contribution in [1.29, 1.82) is 0 Å². The molecule has 1 aromatic heterocycles. The van der Waals surface area contributed by atoms with Gasteiger partial charge in [0.1, 0.15) is 12.6 Å². The number of fused-ring (bicyclic) bond motifs is 1. The Morgan fingerprint density at radius 1 is 1.17 bits per heavy atom. The topological polar surface area (TPSA) is 34.9 Å². The van der Waals surface area contributed by atoms with Crippen LogP contribution >= 0.6 is 11.6 Å². The number of nitrogens with zero attached hydrogens (tertiary/aromatic N) is 2. The third-order valence-electron chi connectivity index (χ3n) is 2.82. The van der Waals surface area contributed by atoms with Crippen molar-refractivity contribution in [3.05, 3.63) is 59.4 Å². The molecule has 0 aliphatic carbocycles. The fourth-order valence-electron chi connectivity index (χ4n) is 1.94. The van der Waals surface area contributed by atoms with Gasteiger partial charge in [-0.05, 0) is 30.3 Å². The van der Waals surface area contributed by atoms with E-state index >= 15 is 0 Å². The first-order valence-electron chi connectivity index (χ1n) is 5.47. The number of aromatic nitrogens is 2. The van der Waals surface area contributed by atoms with Gasteiger partial charge in [0.15, 0.2) is 0 Å². The third kappa shape index (κ3) is 1.69. The Bertz CT molecular complexity index is 733. The van der Waals surface area contributed by atoms with Crippen LogP contribution in [0.15, 0.2) is 48.8 Å². The van der Waals surface area contributed by atoms with Gasteiger partial charge in [0.25, 0.3) is 0 Å². The molecule has 0 fully saturated rings. The lowest BCUT2D eigenvalue weighted by Gasteiger charge is -2.07. The molecular formula is C14H9ClN2O. The zero-order valence-electron chi connectivity index (χ0n) is 9.38. The van der Waals surface area contributed by atoms with Crippen LogP contribution in [0.4, 0.5) is 0 Å². The lowest BCUT2D eigenvalue weighted by Crippen LogP contribution is -1.94. The van der Waals surface area contributed by atoms with Gasteiger partial charge in [-0.25, -0.2) is 4.98 Å². The second kappa shape index (κ2) is 4.27. The van der Waals surface area contributed by atoms with Gasteiger partial charge in [-0.1, -0.05) is 23.7 Å². The standard InChI is InChI=1S/C14H9ClN2O/c15-11-7-10(8-18)5-6-13(11)17-9-16-12-3-1-2-4-14(12)17/h1-9H. The van der Waals surface area contributed by atoms with Crippen molar-refractivity contribution >= 4 is 28.9 Å². The molecule has 88 valence electrons. The predicted octanol–water partition coefficient (Wildman–Crippen LogP) is 3.49. The molecule has 0 aliphatic heterocycles. The lowest BCUT2D eigenvalue weighted by molar-refractivity contribution is 0.112. The number of carbonyl (C=O) groups excluding carboxylic acids is 1. The Balaban J connectivity index is 2.23. The van der Waals surface area contributed by atoms with Crippen LogP contribution in [0.2, 0.25) is 5.02 Å². The van der Waals surface area contributed by atoms with E-state index in [1.54, 1.807) is 18.5 Å². The predicted molar refractivity (Wildman–Crippen MR) is 71.5 cm³/mol. The lowest BCUT2D eigenvalue weighted by atomic mass is 10.2. The van der Waals surface area contributed by atoms with Crippen molar-refractivity contribution in [3.63, 3.8) is 0 Å². The van der Waals surface area contributed by atoms with E-state index in [2.05, 4.69) is 4.98 Å². The Labute approximate surface area is 109 Å².